The van der Waals surface area contributed by atoms with Gasteiger partial charge < -0.3 is 14.8 Å². The molecule has 1 aliphatic heterocycles. The zero-order chi connectivity index (χ0) is 24.4. The van der Waals surface area contributed by atoms with Gasteiger partial charge in [0.1, 0.15) is 5.75 Å². The minimum absolute atomic E-state index is 0.00366. The summed E-state index contributed by atoms with van der Waals surface area (Å²) in [6, 6.07) is 8.47. The number of nitrogens with zero attached hydrogens (tertiary/aromatic N) is 2. The van der Waals surface area contributed by atoms with E-state index >= 15 is 0 Å². The number of ether oxygens (including phenoxy) is 2. The van der Waals surface area contributed by atoms with Gasteiger partial charge in [-0.25, -0.2) is 21.1 Å². The molecule has 0 saturated carbocycles. The summed E-state index contributed by atoms with van der Waals surface area (Å²) in [5, 5.41) is 2.65. The fourth-order valence-electron chi connectivity index (χ4n) is 3.29. The Hall–Kier alpha value is -2.51. The van der Waals surface area contributed by atoms with Crippen LogP contribution in [0.15, 0.2) is 46.2 Å². The molecular formula is C21H27N3O7S2. The predicted molar refractivity (Wildman–Crippen MR) is 123 cm³/mol. The van der Waals surface area contributed by atoms with Crippen LogP contribution in [0.3, 0.4) is 0 Å². The Labute approximate surface area is 194 Å². The first kappa shape index (κ1) is 25.1. The van der Waals surface area contributed by atoms with E-state index in [0.29, 0.717) is 18.8 Å². The van der Waals surface area contributed by atoms with E-state index in [2.05, 4.69) is 5.32 Å². The van der Waals surface area contributed by atoms with Crippen LogP contribution in [0.4, 0.5) is 5.69 Å². The van der Waals surface area contributed by atoms with Crippen molar-refractivity contribution in [1.82, 2.24) is 8.61 Å². The predicted octanol–water partition coefficient (Wildman–Crippen LogP) is 1.53. The lowest BCUT2D eigenvalue weighted by atomic mass is 10.1. The van der Waals surface area contributed by atoms with Crippen LogP contribution in [0, 0.1) is 6.92 Å². The van der Waals surface area contributed by atoms with Crippen molar-refractivity contribution >= 4 is 31.6 Å². The lowest BCUT2D eigenvalue weighted by Crippen LogP contribution is -2.40. The van der Waals surface area contributed by atoms with Crippen LogP contribution >= 0.6 is 0 Å². The standard InChI is InChI=1S/C21H27N3O7S2/c1-15-5-6-16(33(28,29)24-9-11-31-12-10-24)13-18(15)21(25)22-19-14-17(7-8-20(19)30-4)32(26,27)23(2)3/h5-8,13-14H,9-12H2,1-4H3,(H,22,25). The van der Waals surface area contributed by atoms with Crippen LogP contribution in [0.2, 0.25) is 0 Å². The Balaban J connectivity index is 1.96. The van der Waals surface area contributed by atoms with Crippen molar-refractivity contribution in [3.63, 3.8) is 0 Å². The summed E-state index contributed by atoms with van der Waals surface area (Å²) in [5.74, 6) is -0.333. The van der Waals surface area contributed by atoms with Crippen LogP contribution in [0.25, 0.3) is 0 Å². The number of carbonyl (C=O) groups is 1. The van der Waals surface area contributed by atoms with Gasteiger partial charge in [0, 0.05) is 32.7 Å². The largest absolute Gasteiger partial charge is 0.495 e. The smallest absolute Gasteiger partial charge is 0.256 e. The molecule has 1 heterocycles. The normalized spacial score (nSPS) is 15.4. The second-order valence-corrected chi connectivity index (χ2v) is 11.7. The molecule has 0 bridgehead atoms. The van der Waals surface area contributed by atoms with E-state index in [0.717, 1.165) is 4.31 Å². The van der Waals surface area contributed by atoms with Crippen LogP contribution in [-0.4, -0.2) is 78.9 Å². The molecule has 0 atom stereocenters. The van der Waals surface area contributed by atoms with Crippen molar-refractivity contribution in [3.05, 3.63) is 47.5 Å². The Bertz CT molecular complexity index is 1250. The van der Waals surface area contributed by atoms with E-state index in [1.165, 1.54) is 55.8 Å². The molecule has 0 radical (unpaired) electrons. The molecule has 1 amide bonds. The third kappa shape index (κ3) is 5.20. The number of nitrogens with one attached hydrogen (secondary N) is 1. The topological polar surface area (TPSA) is 122 Å². The minimum atomic E-state index is -3.79. The van der Waals surface area contributed by atoms with E-state index < -0.39 is 26.0 Å². The number of rotatable bonds is 7. The maximum absolute atomic E-state index is 13.1. The highest BCUT2D eigenvalue weighted by molar-refractivity contribution is 7.89. The second kappa shape index (κ2) is 9.77. The number of sulfonamides is 2. The summed E-state index contributed by atoms with van der Waals surface area (Å²) in [6.45, 7) is 2.78. The van der Waals surface area contributed by atoms with Gasteiger partial charge in [0.2, 0.25) is 20.0 Å². The molecule has 180 valence electrons. The molecular weight excluding hydrogens is 470 g/mol. The zero-order valence-electron chi connectivity index (χ0n) is 18.9. The summed E-state index contributed by atoms with van der Waals surface area (Å²) in [4.78, 5) is 13.1. The lowest BCUT2D eigenvalue weighted by molar-refractivity contribution is 0.0730. The number of morpholine rings is 1. The number of hydrogen-bond acceptors (Lipinski definition) is 7. The number of aryl methyl sites for hydroxylation is 1. The van der Waals surface area contributed by atoms with Crippen molar-refractivity contribution in [3.8, 4) is 5.75 Å². The zero-order valence-corrected chi connectivity index (χ0v) is 20.5. The van der Waals surface area contributed by atoms with Gasteiger partial charge in [-0.1, -0.05) is 6.07 Å². The fourth-order valence-corrected chi connectivity index (χ4v) is 5.65. The highest BCUT2D eigenvalue weighted by atomic mass is 32.2. The van der Waals surface area contributed by atoms with Gasteiger partial charge in [0.05, 0.1) is 35.8 Å². The summed E-state index contributed by atoms with van der Waals surface area (Å²) < 4.78 is 63.8. The van der Waals surface area contributed by atoms with Crippen molar-refractivity contribution < 1.29 is 31.1 Å². The summed E-state index contributed by atoms with van der Waals surface area (Å²) in [5.41, 5.74) is 0.850. The first-order valence-electron chi connectivity index (χ1n) is 10.1. The Morgan fingerprint density at radius 1 is 1.03 bits per heavy atom. The van der Waals surface area contributed by atoms with Gasteiger partial charge in [-0.05, 0) is 42.8 Å². The van der Waals surface area contributed by atoms with Gasteiger partial charge in [-0.2, -0.15) is 4.31 Å². The Morgan fingerprint density at radius 2 is 1.67 bits per heavy atom. The molecule has 1 saturated heterocycles. The third-order valence-corrected chi connectivity index (χ3v) is 8.96. The highest BCUT2D eigenvalue weighted by Gasteiger charge is 2.28. The van der Waals surface area contributed by atoms with Gasteiger partial charge >= 0.3 is 0 Å². The highest BCUT2D eigenvalue weighted by Crippen LogP contribution is 2.29. The molecule has 3 rings (SSSR count). The first-order chi connectivity index (χ1) is 15.5. The number of carbonyl (C=O) groups excluding carboxylic acids is 1. The molecule has 0 aliphatic carbocycles. The minimum Gasteiger partial charge on any atom is -0.495 e. The van der Waals surface area contributed by atoms with Gasteiger partial charge in [0.25, 0.3) is 5.91 Å². The molecule has 1 fully saturated rings. The SMILES string of the molecule is COc1ccc(S(=O)(=O)N(C)C)cc1NC(=O)c1cc(S(=O)(=O)N2CCOCC2)ccc1C. The average molecular weight is 498 g/mol. The van der Waals surface area contributed by atoms with E-state index in [1.807, 2.05) is 0 Å². The van der Waals surface area contributed by atoms with Crippen molar-refractivity contribution in [2.24, 2.45) is 0 Å². The molecule has 2 aromatic carbocycles. The Morgan fingerprint density at radius 3 is 2.27 bits per heavy atom. The van der Waals surface area contributed by atoms with E-state index in [9.17, 15) is 21.6 Å². The summed E-state index contributed by atoms with van der Waals surface area (Å²) in [7, 11) is -3.33. The number of amides is 1. The molecule has 0 aromatic heterocycles. The second-order valence-electron chi connectivity index (χ2n) is 7.60. The van der Waals surface area contributed by atoms with Gasteiger partial charge in [-0.3, -0.25) is 4.79 Å². The molecule has 33 heavy (non-hydrogen) atoms. The molecule has 10 nitrogen and oxygen atoms in total. The number of benzene rings is 2. The number of anilines is 1. The maximum Gasteiger partial charge on any atom is 0.256 e. The fraction of sp³-hybridized carbons (Fsp3) is 0.381. The van der Waals surface area contributed by atoms with Crippen LogP contribution in [0.5, 0.6) is 5.75 Å². The van der Waals surface area contributed by atoms with Crippen molar-refractivity contribution in [1.29, 1.82) is 0 Å². The van der Waals surface area contributed by atoms with Crippen LogP contribution < -0.4 is 10.1 Å². The molecule has 0 unspecified atom stereocenters. The van der Waals surface area contributed by atoms with Crippen molar-refractivity contribution in [2.45, 2.75) is 16.7 Å². The van der Waals surface area contributed by atoms with E-state index in [4.69, 9.17) is 9.47 Å². The molecule has 1 N–H and O–H groups in total. The number of methoxy groups -OCH3 is 1. The molecule has 0 spiro atoms. The van der Waals surface area contributed by atoms with E-state index in [-0.39, 0.29) is 39.9 Å². The van der Waals surface area contributed by atoms with Crippen molar-refractivity contribution in [2.75, 3.05) is 52.8 Å². The first-order valence-corrected chi connectivity index (χ1v) is 13.0. The average Bonchev–Trinajstić information content (AvgIpc) is 2.79. The number of hydrogen-bond donors (Lipinski definition) is 1. The van der Waals surface area contributed by atoms with Crippen LogP contribution in [0.1, 0.15) is 15.9 Å². The summed E-state index contributed by atoms with van der Waals surface area (Å²) in [6.07, 6.45) is 0. The monoisotopic (exact) mass is 497 g/mol. The summed E-state index contributed by atoms with van der Waals surface area (Å²) >= 11 is 0. The van der Waals surface area contributed by atoms with E-state index in [1.54, 1.807) is 13.0 Å². The molecule has 12 heteroatoms. The van der Waals surface area contributed by atoms with Gasteiger partial charge in [-0.15, -0.1) is 0 Å². The quantitative estimate of drug-likeness (QED) is 0.615. The van der Waals surface area contributed by atoms with Gasteiger partial charge in [0.15, 0.2) is 0 Å². The third-order valence-electron chi connectivity index (χ3n) is 5.26. The van der Waals surface area contributed by atoms with Crippen LogP contribution in [-0.2, 0) is 24.8 Å². The lowest BCUT2D eigenvalue weighted by Gasteiger charge is -2.26. The molecule has 2 aromatic rings. The maximum atomic E-state index is 13.1. The molecule has 1 aliphatic rings. The Kier molecular flexibility index (Phi) is 7.44.